The van der Waals surface area contributed by atoms with Gasteiger partial charge in [0.1, 0.15) is 6.20 Å². The van der Waals surface area contributed by atoms with Gasteiger partial charge in [-0.15, -0.1) is 0 Å². The van der Waals surface area contributed by atoms with Crippen LogP contribution in [0.25, 0.3) is 0 Å². The van der Waals surface area contributed by atoms with Crippen LogP contribution in [0.4, 0.5) is 5.69 Å². The van der Waals surface area contributed by atoms with Crippen LogP contribution in [-0.4, -0.2) is 29.6 Å². The van der Waals surface area contributed by atoms with E-state index in [1.54, 1.807) is 6.07 Å². The summed E-state index contributed by atoms with van der Waals surface area (Å²) >= 11 is 0. The Labute approximate surface area is 112 Å². The standard InChI is InChI=1S/C13H19N3O3/c17-16(18)12-5-6-13(15-10-12)19-8-2-4-11-3-1-7-14-9-11/h5-6,10-11,14H,1-4,7-9H2. The lowest BCUT2D eigenvalue weighted by atomic mass is 9.95. The summed E-state index contributed by atoms with van der Waals surface area (Å²) < 4.78 is 5.48. The fourth-order valence-corrected chi connectivity index (χ4v) is 2.29. The van der Waals surface area contributed by atoms with Gasteiger partial charge in [0.05, 0.1) is 11.5 Å². The van der Waals surface area contributed by atoms with E-state index < -0.39 is 4.92 Å². The lowest BCUT2D eigenvalue weighted by molar-refractivity contribution is -0.385. The highest BCUT2D eigenvalue weighted by atomic mass is 16.6. The van der Waals surface area contributed by atoms with Crippen molar-refractivity contribution in [3.8, 4) is 5.88 Å². The summed E-state index contributed by atoms with van der Waals surface area (Å²) in [5, 5.41) is 13.9. The van der Waals surface area contributed by atoms with Gasteiger partial charge in [0.25, 0.3) is 5.69 Å². The molecular weight excluding hydrogens is 246 g/mol. The van der Waals surface area contributed by atoms with Gasteiger partial charge >= 0.3 is 0 Å². The first-order chi connectivity index (χ1) is 9.25. The van der Waals surface area contributed by atoms with Gasteiger partial charge in [-0.25, -0.2) is 4.98 Å². The van der Waals surface area contributed by atoms with Gasteiger partial charge in [0.15, 0.2) is 0 Å². The van der Waals surface area contributed by atoms with Gasteiger partial charge in [0.2, 0.25) is 5.88 Å². The molecule has 2 rings (SSSR count). The number of nitrogens with one attached hydrogen (secondary N) is 1. The number of rotatable bonds is 6. The molecule has 0 aliphatic carbocycles. The number of ether oxygens (including phenoxy) is 1. The molecule has 1 aromatic heterocycles. The van der Waals surface area contributed by atoms with E-state index in [4.69, 9.17) is 4.74 Å². The number of nitrogens with zero attached hydrogens (tertiary/aromatic N) is 2. The maximum Gasteiger partial charge on any atom is 0.287 e. The molecule has 1 aliphatic heterocycles. The van der Waals surface area contributed by atoms with Crippen LogP contribution in [0.15, 0.2) is 18.3 Å². The van der Waals surface area contributed by atoms with Crippen molar-refractivity contribution in [1.82, 2.24) is 10.3 Å². The van der Waals surface area contributed by atoms with Gasteiger partial charge in [-0.1, -0.05) is 0 Å². The molecule has 0 radical (unpaired) electrons. The van der Waals surface area contributed by atoms with E-state index in [1.165, 1.54) is 25.1 Å². The third kappa shape index (κ3) is 4.48. The predicted octanol–water partition coefficient (Wildman–Crippen LogP) is 2.15. The zero-order chi connectivity index (χ0) is 13.5. The Morgan fingerprint density at radius 3 is 3.05 bits per heavy atom. The van der Waals surface area contributed by atoms with Crippen LogP contribution in [-0.2, 0) is 0 Å². The van der Waals surface area contributed by atoms with Crippen molar-refractivity contribution >= 4 is 5.69 Å². The first-order valence-corrected chi connectivity index (χ1v) is 6.69. The van der Waals surface area contributed by atoms with Gasteiger partial charge < -0.3 is 10.1 Å². The molecule has 104 valence electrons. The summed E-state index contributed by atoms with van der Waals surface area (Å²) in [7, 11) is 0. The quantitative estimate of drug-likeness (QED) is 0.484. The van der Waals surface area contributed by atoms with Crippen LogP contribution in [0.1, 0.15) is 25.7 Å². The Kier molecular flexibility index (Phi) is 5.09. The second-order valence-electron chi connectivity index (χ2n) is 4.81. The van der Waals surface area contributed by atoms with Crippen LogP contribution >= 0.6 is 0 Å². The van der Waals surface area contributed by atoms with Crippen molar-refractivity contribution in [3.63, 3.8) is 0 Å². The summed E-state index contributed by atoms with van der Waals surface area (Å²) in [4.78, 5) is 13.9. The summed E-state index contributed by atoms with van der Waals surface area (Å²) in [6.07, 6.45) is 5.92. The zero-order valence-corrected chi connectivity index (χ0v) is 10.9. The predicted molar refractivity (Wildman–Crippen MR) is 71.2 cm³/mol. The summed E-state index contributed by atoms with van der Waals surface area (Å²) in [6, 6.07) is 2.95. The number of pyridine rings is 1. The number of nitro groups is 1. The Morgan fingerprint density at radius 1 is 1.53 bits per heavy atom. The van der Waals surface area contributed by atoms with Crippen molar-refractivity contribution < 1.29 is 9.66 Å². The number of hydrogen-bond donors (Lipinski definition) is 1. The fourth-order valence-electron chi connectivity index (χ4n) is 2.29. The van der Waals surface area contributed by atoms with Crippen molar-refractivity contribution in [1.29, 1.82) is 0 Å². The fraction of sp³-hybridized carbons (Fsp3) is 0.615. The van der Waals surface area contributed by atoms with E-state index in [-0.39, 0.29) is 5.69 Å². The minimum atomic E-state index is -0.465. The highest BCUT2D eigenvalue weighted by Crippen LogP contribution is 2.17. The van der Waals surface area contributed by atoms with Crippen molar-refractivity contribution in [3.05, 3.63) is 28.4 Å². The lowest BCUT2D eigenvalue weighted by Crippen LogP contribution is -2.29. The van der Waals surface area contributed by atoms with E-state index in [2.05, 4.69) is 10.3 Å². The Bertz CT molecular complexity index is 402. The molecule has 0 spiro atoms. The summed E-state index contributed by atoms with van der Waals surface area (Å²) in [5.41, 5.74) is -0.0133. The highest BCUT2D eigenvalue weighted by molar-refractivity contribution is 5.28. The van der Waals surface area contributed by atoms with Crippen LogP contribution in [0.5, 0.6) is 5.88 Å². The average molecular weight is 265 g/mol. The second kappa shape index (κ2) is 7.04. The number of piperidine rings is 1. The third-order valence-corrected chi connectivity index (χ3v) is 3.34. The molecule has 1 saturated heterocycles. The van der Waals surface area contributed by atoms with Crippen LogP contribution < -0.4 is 10.1 Å². The molecule has 1 atom stereocenters. The molecule has 0 amide bonds. The maximum atomic E-state index is 10.5. The SMILES string of the molecule is O=[N+]([O-])c1ccc(OCCCC2CCCNC2)nc1. The molecular formula is C13H19N3O3. The molecule has 6 nitrogen and oxygen atoms in total. The van der Waals surface area contributed by atoms with E-state index >= 15 is 0 Å². The minimum absolute atomic E-state index is 0.0133. The van der Waals surface area contributed by atoms with Crippen molar-refractivity contribution in [2.24, 2.45) is 5.92 Å². The molecule has 1 aliphatic rings. The topological polar surface area (TPSA) is 77.3 Å². The van der Waals surface area contributed by atoms with Gasteiger partial charge in [-0.3, -0.25) is 10.1 Å². The Morgan fingerprint density at radius 2 is 2.42 bits per heavy atom. The van der Waals surface area contributed by atoms with Gasteiger partial charge in [0, 0.05) is 12.1 Å². The molecule has 1 aromatic rings. The molecule has 1 fully saturated rings. The smallest absolute Gasteiger partial charge is 0.287 e. The van der Waals surface area contributed by atoms with Gasteiger partial charge in [-0.05, 0) is 44.7 Å². The molecule has 1 unspecified atom stereocenters. The molecule has 0 bridgehead atoms. The normalized spacial score (nSPS) is 19.1. The third-order valence-electron chi connectivity index (χ3n) is 3.34. The highest BCUT2D eigenvalue weighted by Gasteiger charge is 2.12. The number of hydrogen-bond acceptors (Lipinski definition) is 5. The van der Waals surface area contributed by atoms with Crippen LogP contribution in [0, 0.1) is 16.0 Å². The Hall–Kier alpha value is -1.69. The van der Waals surface area contributed by atoms with E-state index in [0.29, 0.717) is 12.5 Å². The molecule has 0 aromatic carbocycles. The van der Waals surface area contributed by atoms with E-state index in [9.17, 15) is 10.1 Å². The average Bonchev–Trinajstić information content (AvgIpc) is 2.45. The molecule has 1 N–H and O–H groups in total. The van der Waals surface area contributed by atoms with E-state index in [1.807, 2.05) is 0 Å². The first-order valence-electron chi connectivity index (χ1n) is 6.69. The Balaban J connectivity index is 1.66. The maximum absolute atomic E-state index is 10.5. The van der Waals surface area contributed by atoms with Crippen molar-refractivity contribution in [2.75, 3.05) is 19.7 Å². The van der Waals surface area contributed by atoms with E-state index in [0.717, 1.165) is 31.8 Å². The largest absolute Gasteiger partial charge is 0.478 e. The summed E-state index contributed by atoms with van der Waals surface area (Å²) in [6.45, 7) is 2.86. The lowest BCUT2D eigenvalue weighted by Gasteiger charge is -2.22. The van der Waals surface area contributed by atoms with Crippen LogP contribution in [0.2, 0.25) is 0 Å². The molecule has 0 saturated carbocycles. The first kappa shape index (κ1) is 13.7. The molecule has 19 heavy (non-hydrogen) atoms. The second-order valence-corrected chi connectivity index (χ2v) is 4.81. The number of aromatic nitrogens is 1. The minimum Gasteiger partial charge on any atom is -0.478 e. The van der Waals surface area contributed by atoms with Gasteiger partial charge in [-0.2, -0.15) is 0 Å². The summed E-state index contributed by atoms with van der Waals surface area (Å²) in [5.74, 6) is 1.20. The molecule has 2 heterocycles. The van der Waals surface area contributed by atoms with Crippen LogP contribution in [0.3, 0.4) is 0 Å². The molecule has 6 heteroatoms. The monoisotopic (exact) mass is 265 g/mol. The van der Waals surface area contributed by atoms with Crippen molar-refractivity contribution in [2.45, 2.75) is 25.7 Å². The zero-order valence-electron chi connectivity index (χ0n) is 10.9.